The first-order valence-electron chi connectivity index (χ1n) is 10.9. The molecular weight excluding hydrogens is 298 g/mol. The molecule has 0 aromatic carbocycles. The summed E-state index contributed by atoms with van der Waals surface area (Å²) in [6.45, 7) is 1.33. The Labute approximate surface area is 150 Å². The van der Waals surface area contributed by atoms with Crippen LogP contribution < -0.4 is 5.32 Å². The van der Waals surface area contributed by atoms with Crippen LogP contribution in [0.3, 0.4) is 0 Å². The van der Waals surface area contributed by atoms with Gasteiger partial charge >= 0.3 is 0 Å². The van der Waals surface area contributed by atoms with Crippen molar-refractivity contribution in [3.63, 3.8) is 0 Å². The molecule has 3 heteroatoms. The third-order valence-corrected chi connectivity index (χ3v) is 5.47. The molecule has 1 aliphatic carbocycles. The van der Waals surface area contributed by atoms with E-state index >= 15 is 0 Å². The molecule has 0 amide bonds. The van der Waals surface area contributed by atoms with Crippen molar-refractivity contribution in [3.05, 3.63) is 0 Å². The summed E-state index contributed by atoms with van der Waals surface area (Å²) in [6.07, 6.45) is 22.3. The first-order chi connectivity index (χ1) is 11.8. The van der Waals surface area contributed by atoms with Crippen molar-refractivity contribution >= 4 is 0 Å². The Morgan fingerprint density at radius 2 is 1.00 bits per heavy atom. The molecule has 1 fully saturated rings. The third kappa shape index (κ3) is 12.3. The van der Waals surface area contributed by atoms with Crippen LogP contribution in [0.15, 0.2) is 0 Å². The zero-order chi connectivity index (χ0) is 17.3. The van der Waals surface area contributed by atoms with Gasteiger partial charge in [0.1, 0.15) is 5.72 Å². The summed E-state index contributed by atoms with van der Waals surface area (Å²) in [5.41, 5.74) is -0.562. The Balaban J connectivity index is 1.79. The van der Waals surface area contributed by atoms with E-state index in [2.05, 4.69) is 5.32 Å². The fourth-order valence-corrected chi connectivity index (χ4v) is 3.82. The van der Waals surface area contributed by atoms with E-state index in [1.807, 2.05) is 0 Å². The molecule has 0 aromatic heterocycles. The van der Waals surface area contributed by atoms with E-state index in [9.17, 15) is 5.11 Å². The second-order valence-corrected chi connectivity index (χ2v) is 7.84. The minimum absolute atomic E-state index is 0.356. The van der Waals surface area contributed by atoms with Gasteiger partial charge in [-0.15, -0.1) is 0 Å². The molecule has 0 heterocycles. The number of nitrogens with one attached hydrogen (secondary N) is 1. The van der Waals surface area contributed by atoms with Gasteiger partial charge in [0.2, 0.25) is 0 Å². The van der Waals surface area contributed by atoms with Crippen molar-refractivity contribution in [1.82, 2.24) is 5.32 Å². The SMILES string of the molecule is OCCCCCCCCCCCCCCNC1(O)CCCCCC1. The Bertz CT molecular complexity index is 263. The first-order valence-corrected chi connectivity index (χ1v) is 10.9. The molecule has 0 radical (unpaired) electrons. The Morgan fingerprint density at radius 3 is 1.46 bits per heavy atom. The highest BCUT2D eigenvalue weighted by Crippen LogP contribution is 2.24. The van der Waals surface area contributed by atoms with Crippen LogP contribution in [-0.2, 0) is 0 Å². The van der Waals surface area contributed by atoms with Gasteiger partial charge in [0.25, 0.3) is 0 Å². The molecule has 0 atom stereocenters. The number of aliphatic hydroxyl groups is 2. The number of rotatable bonds is 15. The second kappa shape index (κ2) is 15.2. The van der Waals surface area contributed by atoms with Gasteiger partial charge in [-0.1, -0.05) is 77.0 Å². The molecule has 1 rings (SSSR count). The lowest BCUT2D eigenvalue weighted by atomic mass is 10.0. The fraction of sp³-hybridized carbons (Fsp3) is 1.00. The maximum absolute atomic E-state index is 10.5. The molecule has 24 heavy (non-hydrogen) atoms. The third-order valence-electron chi connectivity index (χ3n) is 5.47. The van der Waals surface area contributed by atoms with Crippen molar-refractivity contribution in [3.8, 4) is 0 Å². The van der Waals surface area contributed by atoms with Crippen molar-refractivity contribution < 1.29 is 10.2 Å². The van der Waals surface area contributed by atoms with Crippen molar-refractivity contribution in [1.29, 1.82) is 0 Å². The van der Waals surface area contributed by atoms with Crippen LogP contribution in [0, 0.1) is 0 Å². The molecule has 0 aromatic rings. The summed E-state index contributed by atoms with van der Waals surface area (Å²) < 4.78 is 0. The monoisotopic (exact) mass is 341 g/mol. The van der Waals surface area contributed by atoms with Crippen LogP contribution in [0.4, 0.5) is 0 Å². The zero-order valence-electron chi connectivity index (χ0n) is 16.0. The van der Waals surface area contributed by atoms with Gasteiger partial charge in [-0.25, -0.2) is 0 Å². The molecule has 144 valence electrons. The van der Waals surface area contributed by atoms with Gasteiger partial charge in [0.05, 0.1) is 0 Å². The second-order valence-electron chi connectivity index (χ2n) is 7.84. The molecule has 3 N–H and O–H groups in total. The van der Waals surface area contributed by atoms with Gasteiger partial charge in [-0.2, -0.15) is 0 Å². The van der Waals surface area contributed by atoms with Crippen molar-refractivity contribution in [2.75, 3.05) is 13.2 Å². The van der Waals surface area contributed by atoms with Gasteiger partial charge in [-0.3, -0.25) is 5.32 Å². The largest absolute Gasteiger partial charge is 0.396 e. The molecule has 0 unspecified atom stereocenters. The molecular formula is C21H43NO2. The van der Waals surface area contributed by atoms with Crippen LogP contribution in [0.25, 0.3) is 0 Å². The minimum Gasteiger partial charge on any atom is -0.396 e. The molecule has 0 bridgehead atoms. The average Bonchev–Trinajstić information content (AvgIpc) is 2.80. The molecule has 0 saturated heterocycles. The summed E-state index contributed by atoms with van der Waals surface area (Å²) in [4.78, 5) is 0. The van der Waals surface area contributed by atoms with Crippen LogP contribution in [0.2, 0.25) is 0 Å². The highest BCUT2D eigenvalue weighted by molar-refractivity contribution is 4.78. The van der Waals surface area contributed by atoms with E-state index in [1.165, 1.54) is 96.3 Å². The predicted octanol–water partition coefficient (Wildman–Crippen LogP) is 5.29. The van der Waals surface area contributed by atoms with Crippen LogP contribution in [0.1, 0.15) is 116 Å². The summed E-state index contributed by atoms with van der Waals surface area (Å²) >= 11 is 0. The summed E-state index contributed by atoms with van der Waals surface area (Å²) in [6, 6.07) is 0. The van der Waals surface area contributed by atoms with E-state index in [1.54, 1.807) is 0 Å². The van der Waals surface area contributed by atoms with Crippen molar-refractivity contribution in [2.24, 2.45) is 0 Å². The molecule has 1 saturated carbocycles. The van der Waals surface area contributed by atoms with Crippen LogP contribution in [0.5, 0.6) is 0 Å². The average molecular weight is 342 g/mol. The first kappa shape index (κ1) is 21.9. The van der Waals surface area contributed by atoms with Gasteiger partial charge in [0, 0.05) is 6.61 Å². The van der Waals surface area contributed by atoms with E-state index in [0.717, 1.165) is 25.8 Å². The van der Waals surface area contributed by atoms with Gasteiger partial charge < -0.3 is 10.2 Å². The van der Waals surface area contributed by atoms with Crippen LogP contribution >= 0.6 is 0 Å². The Kier molecular flexibility index (Phi) is 13.8. The van der Waals surface area contributed by atoms with Gasteiger partial charge in [-0.05, 0) is 45.1 Å². The topological polar surface area (TPSA) is 52.5 Å². The van der Waals surface area contributed by atoms with E-state index in [0.29, 0.717) is 6.61 Å². The molecule has 0 aliphatic heterocycles. The normalized spacial score (nSPS) is 17.8. The van der Waals surface area contributed by atoms with E-state index < -0.39 is 5.72 Å². The fourth-order valence-electron chi connectivity index (χ4n) is 3.82. The summed E-state index contributed by atoms with van der Waals surface area (Å²) in [5.74, 6) is 0. The highest BCUT2D eigenvalue weighted by atomic mass is 16.3. The lowest BCUT2D eigenvalue weighted by Crippen LogP contribution is -2.45. The molecule has 1 aliphatic rings. The minimum atomic E-state index is -0.562. The van der Waals surface area contributed by atoms with Gasteiger partial charge in [0.15, 0.2) is 0 Å². The summed E-state index contributed by atoms with van der Waals surface area (Å²) in [5, 5.41) is 22.7. The maximum Gasteiger partial charge on any atom is 0.116 e. The van der Waals surface area contributed by atoms with Crippen molar-refractivity contribution in [2.45, 2.75) is 121 Å². The highest BCUT2D eigenvalue weighted by Gasteiger charge is 2.26. The Hall–Kier alpha value is -0.120. The number of hydrogen-bond acceptors (Lipinski definition) is 3. The maximum atomic E-state index is 10.5. The smallest absolute Gasteiger partial charge is 0.116 e. The lowest BCUT2D eigenvalue weighted by Gasteiger charge is -2.28. The van der Waals surface area contributed by atoms with E-state index in [-0.39, 0.29) is 0 Å². The molecule has 3 nitrogen and oxygen atoms in total. The number of unbranched alkanes of at least 4 members (excludes halogenated alkanes) is 11. The van der Waals surface area contributed by atoms with E-state index in [4.69, 9.17) is 5.11 Å². The zero-order valence-corrected chi connectivity index (χ0v) is 16.0. The molecule has 0 spiro atoms. The number of hydrogen-bond donors (Lipinski definition) is 3. The quantitative estimate of drug-likeness (QED) is 0.215. The van der Waals surface area contributed by atoms with Crippen LogP contribution in [-0.4, -0.2) is 29.1 Å². The lowest BCUT2D eigenvalue weighted by molar-refractivity contribution is -0.00906. The number of aliphatic hydroxyl groups excluding tert-OH is 1. The standard InChI is InChI=1S/C21H43NO2/c23-20-16-12-8-6-4-2-1-3-5-7-11-15-19-22-21(24)17-13-9-10-14-18-21/h22-24H,1-20H2. The predicted molar refractivity (Wildman–Crippen MR) is 103 cm³/mol. The summed E-state index contributed by atoms with van der Waals surface area (Å²) in [7, 11) is 0. The Morgan fingerprint density at radius 1 is 0.583 bits per heavy atom.